The first kappa shape index (κ1) is 51.2. The van der Waals surface area contributed by atoms with Crippen LogP contribution in [0.5, 0.6) is 0 Å². The van der Waals surface area contributed by atoms with Crippen molar-refractivity contribution in [3.05, 3.63) is 48.6 Å². The first-order valence-electron chi connectivity index (χ1n) is 24.6. The fourth-order valence-electron chi connectivity index (χ4n) is 8.61. The predicted octanol–water partition coefficient (Wildman–Crippen LogP) is 14.9. The van der Waals surface area contributed by atoms with Crippen LogP contribution in [0.1, 0.15) is 221 Å². The van der Waals surface area contributed by atoms with Gasteiger partial charge in [0, 0.05) is 19.3 Å². The molecular weight excluding hydrogens is 699 g/mol. The highest BCUT2D eigenvalue weighted by Crippen LogP contribution is 2.36. The number of rotatable bonds is 35. The lowest BCUT2D eigenvalue weighted by Gasteiger charge is -2.41. The molecule has 328 valence electrons. The zero-order chi connectivity index (χ0) is 41.3. The van der Waals surface area contributed by atoms with Crippen LogP contribution >= 0.6 is 0 Å². The molecule has 2 atom stereocenters. The molecule has 2 aliphatic heterocycles. The Morgan fingerprint density at radius 3 is 1.51 bits per heavy atom. The molecule has 0 N–H and O–H groups in total. The number of carbonyl (C=O) groups excluding carboxylic acids is 1. The summed E-state index contributed by atoms with van der Waals surface area (Å²) >= 11 is 0. The lowest BCUT2D eigenvalue weighted by Crippen LogP contribution is -2.55. The topological polar surface area (TPSA) is 45.1 Å². The smallest absolute Gasteiger partial charge is 0.346 e. The summed E-state index contributed by atoms with van der Waals surface area (Å²) < 4.78 is 6.01. The van der Waals surface area contributed by atoms with Crippen molar-refractivity contribution in [1.29, 1.82) is 0 Å². The highest BCUT2D eigenvalue weighted by molar-refractivity contribution is 5.84. The highest BCUT2D eigenvalue weighted by atomic mass is 16.6. The summed E-state index contributed by atoms with van der Waals surface area (Å²) in [6.45, 7) is 17.3. The third-order valence-corrected chi connectivity index (χ3v) is 11.8. The second kappa shape index (κ2) is 32.8. The molecule has 5 heteroatoms. The van der Waals surface area contributed by atoms with Gasteiger partial charge >= 0.3 is 5.97 Å². The molecule has 5 nitrogen and oxygen atoms in total. The molecule has 1 saturated heterocycles. The molecule has 0 radical (unpaired) electrons. The van der Waals surface area contributed by atoms with Crippen LogP contribution in [0.25, 0.3) is 0 Å². The predicted molar refractivity (Wildman–Crippen MR) is 250 cm³/mol. The molecule has 0 amide bonds. The van der Waals surface area contributed by atoms with Crippen molar-refractivity contribution in [2.75, 3.05) is 26.2 Å². The van der Waals surface area contributed by atoms with Gasteiger partial charge < -0.3 is 9.64 Å². The zero-order valence-electron chi connectivity index (χ0n) is 38.6. The number of unbranched alkanes of at least 4 members (excludes halogenated alkanes) is 18. The molecule has 0 saturated carbocycles. The standard InChI is InChI=1S/C52H93N3O2/c1-7-9-11-13-15-17-19-21-23-25-27-29-31-33-35-37-41-52(42-38-36-34-32-30-28-26-24-22-20-18-16-14-12-10-8-2)47-53-49(50(56)57-51(4,5)6)55(52)46-48(3)45-54-43-39-40-44-54/h15-18,21-24,47-49H,7-14,19-20,25-46H2,1-6H3/b17-15-,18-16-,23-21-,24-22-. The Balaban J connectivity index is 1.89. The lowest BCUT2D eigenvalue weighted by molar-refractivity contribution is -0.162. The molecule has 2 heterocycles. The average molecular weight is 792 g/mol. The molecule has 2 rings (SSSR count). The Bertz CT molecular complexity index is 1080. The number of likely N-dealkylation sites (tertiary alicyclic amines) is 1. The summed E-state index contributed by atoms with van der Waals surface area (Å²) in [5.74, 6) is 0.295. The normalized spacial score (nSPS) is 18.5. The second-order valence-electron chi connectivity index (χ2n) is 18.7. The molecule has 2 unspecified atom stereocenters. The largest absolute Gasteiger partial charge is 0.457 e. The van der Waals surface area contributed by atoms with E-state index in [-0.39, 0.29) is 11.5 Å². The van der Waals surface area contributed by atoms with Crippen LogP contribution in [0.15, 0.2) is 53.6 Å². The minimum Gasteiger partial charge on any atom is -0.457 e. The number of ether oxygens (including phenoxy) is 1. The Labute approximate surface area is 354 Å². The maximum Gasteiger partial charge on any atom is 0.346 e. The Morgan fingerprint density at radius 1 is 0.649 bits per heavy atom. The van der Waals surface area contributed by atoms with Crippen molar-refractivity contribution in [1.82, 2.24) is 9.80 Å². The van der Waals surface area contributed by atoms with E-state index < -0.39 is 11.8 Å². The van der Waals surface area contributed by atoms with Crippen molar-refractivity contribution in [3.63, 3.8) is 0 Å². The van der Waals surface area contributed by atoms with Crippen LogP contribution in [-0.2, 0) is 9.53 Å². The second-order valence-corrected chi connectivity index (χ2v) is 18.7. The average Bonchev–Trinajstić information content (AvgIpc) is 3.81. The number of nitrogens with zero attached hydrogens (tertiary/aromatic N) is 3. The van der Waals surface area contributed by atoms with Gasteiger partial charge in [-0.25, -0.2) is 4.79 Å². The van der Waals surface area contributed by atoms with E-state index in [1.165, 1.54) is 167 Å². The van der Waals surface area contributed by atoms with Crippen LogP contribution in [0.3, 0.4) is 0 Å². The molecule has 0 aliphatic carbocycles. The van der Waals surface area contributed by atoms with E-state index in [4.69, 9.17) is 9.73 Å². The van der Waals surface area contributed by atoms with Gasteiger partial charge in [-0.1, -0.05) is 159 Å². The van der Waals surface area contributed by atoms with E-state index in [9.17, 15) is 4.79 Å². The molecule has 0 bridgehead atoms. The minimum atomic E-state index is -0.528. The Kier molecular flexibility index (Phi) is 29.5. The molecule has 0 aromatic heterocycles. The van der Waals surface area contributed by atoms with E-state index in [1.807, 2.05) is 20.8 Å². The Hall–Kier alpha value is -1.98. The van der Waals surface area contributed by atoms with Crippen molar-refractivity contribution in [3.8, 4) is 0 Å². The first-order valence-corrected chi connectivity index (χ1v) is 24.6. The van der Waals surface area contributed by atoms with Gasteiger partial charge in [-0.15, -0.1) is 0 Å². The van der Waals surface area contributed by atoms with Gasteiger partial charge in [0.2, 0.25) is 6.17 Å². The molecule has 0 aromatic rings. The van der Waals surface area contributed by atoms with Crippen LogP contribution < -0.4 is 0 Å². The summed E-state index contributed by atoms with van der Waals surface area (Å²) in [6, 6.07) is 0. The van der Waals surface area contributed by atoms with Gasteiger partial charge in [-0.2, -0.15) is 0 Å². The van der Waals surface area contributed by atoms with Crippen LogP contribution in [0.2, 0.25) is 0 Å². The van der Waals surface area contributed by atoms with Gasteiger partial charge in [0.1, 0.15) is 5.60 Å². The summed E-state index contributed by atoms with van der Waals surface area (Å²) in [7, 11) is 0. The molecule has 57 heavy (non-hydrogen) atoms. The maximum absolute atomic E-state index is 13.7. The van der Waals surface area contributed by atoms with Crippen molar-refractivity contribution in [2.45, 2.75) is 239 Å². The maximum atomic E-state index is 13.7. The molecule has 1 fully saturated rings. The van der Waals surface area contributed by atoms with E-state index in [0.29, 0.717) is 5.92 Å². The molecule has 0 aromatic carbocycles. The first-order chi connectivity index (χ1) is 27.7. The van der Waals surface area contributed by atoms with Crippen LogP contribution in [-0.4, -0.2) is 65.5 Å². The minimum absolute atomic E-state index is 0.161. The van der Waals surface area contributed by atoms with E-state index in [2.05, 4.69) is 85.4 Å². The van der Waals surface area contributed by atoms with Crippen molar-refractivity contribution >= 4 is 12.2 Å². The number of esters is 1. The van der Waals surface area contributed by atoms with Crippen LogP contribution in [0.4, 0.5) is 0 Å². The zero-order valence-corrected chi connectivity index (χ0v) is 38.6. The number of aliphatic imine (C=N–C) groups is 1. The number of hydrogen-bond donors (Lipinski definition) is 0. The van der Waals surface area contributed by atoms with Crippen LogP contribution in [0, 0.1) is 5.92 Å². The summed E-state index contributed by atoms with van der Waals surface area (Å²) in [4.78, 5) is 23.9. The fourth-order valence-corrected chi connectivity index (χ4v) is 8.61. The number of allylic oxidation sites excluding steroid dienone is 8. The van der Waals surface area contributed by atoms with E-state index in [0.717, 1.165) is 38.8 Å². The van der Waals surface area contributed by atoms with Gasteiger partial charge in [0.25, 0.3) is 0 Å². The van der Waals surface area contributed by atoms with Crippen molar-refractivity contribution < 1.29 is 9.53 Å². The molecular formula is C52H93N3O2. The number of carbonyl (C=O) groups is 1. The molecule has 2 aliphatic rings. The third kappa shape index (κ3) is 25.3. The summed E-state index contributed by atoms with van der Waals surface area (Å²) in [5.41, 5.74) is -0.683. The van der Waals surface area contributed by atoms with Gasteiger partial charge in [-0.05, 0) is 130 Å². The highest BCUT2D eigenvalue weighted by Gasteiger charge is 2.47. The van der Waals surface area contributed by atoms with Crippen molar-refractivity contribution in [2.24, 2.45) is 10.9 Å². The summed E-state index contributed by atoms with van der Waals surface area (Å²) in [5, 5.41) is 0. The molecule has 0 spiro atoms. The Morgan fingerprint density at radius 2 is 1.07 bits per heavy atom. The SMILES string of the molecule is CCCCC/C=C\C/C=C\CCCCCCCCC1(CCCCCCCC/C=C\C/C=C\CCCCC)C=NC(C(=O)OC(C)(C)C)N1CC(C)CN1CCCC1. The third-order valence-electron chi connectivity index (χ3n) is 11.8. The fraction of sp³-hybridized carbons (Fsp3) is 0.808. The van der Waals surface area contributed by atoms with Gasteiger partial charge in [0.05, 0.1) is 5.54 Å². The van der Waals surface area contributed by atoms with Gasteiger partial charge in [0.15, 0.2) is 0 Å². The number of hydrogen-bond acceptors (Lipinski definition) is 5. The monoisotopic (exact) mass is 792 g/mol. The van der Waals surface area contributed by atoms with E-state index >= 15 is 0 Å². The summed E-state index contributed by atoms with van der Waals surface area (Å²) in [6.07, 6.45) is 55.6. The van der Waals surface area contributed by atoms with E-state index in [1.54, 1.807) is 0 Å². The quantitative estimate of drug-likeness (QED) is 0.0364. The lowest BCUT2D eigenvalue weighted by atomic mass is 9.85. The van der Waals surface area contributed by atoms with Gasteiger partial charge in [-0.3, -0.25) is 9.89 Å².